The highest BCUT2D eigenvalue weighted by Gasteiger charge is 2.02. The van der Waals surface area contributed by atoms with Gasteiger partial charge in [0.05, 0.1) is 0 Å². The Kier molecular flexibility index (Phi) is 10.6. The van der Waals surface area contributed by atoms with Gasteiger partial charge in [-0.25, -0.2) is 0 Å². The number of rotatable bonds is 7. The Hall–Kier alpha value is -0.248. The first-order valence-electron chi connectivity index (χ1n) is 5.85. The van der Waals surface area contributed by atoms with Crippen LogP contribution in [0.5, 0.6) is 0 Å². The van der Waals surface area contributed by atoms with Gasteiger partial charge in [0.1, 0.15) is 0 Å². The smallest absolute Gasteiger partial charge is 0.140 e. The molecular weight excluding hydrogens is 183 g/mol. The molecule has 0 N–H and O–H groups in total. The summed E-state index contributed by atoms with van der Waals surface area (Å²) in [7, 11) is 0. The molecule has 0 spiro atoms. The molecule has 0 saturated carbocycles. The van der Waals surface area contributed by atoms with Crippen molar-refractivity contribution in [1.82, 2.24) is 0 Å². The van der Waals surface area contributed by atoms with Crippen LogP contribution in [0.3, 0.4) is 0 Å². The summed E-state index contributed by atoms with van der Waals surface area (Å²) >= 11 is -0.842. The second kappa shape index (κ2) is 10.8. The minimum Gasteiger partial charge on any atom is -0.140 e. The molecule has 0 nitrogen and oxygen atoms in total. The minimum atomic E-state index is -0.842. The molecule has 0 aromatic rings. The third-order valence-electron chi connectivity index (χ3n) is 2.00. The van der Waals surface area contributed by atoms with Crippen molar-refractivity contribution in [2.24, 2.45) is 0 Å². The first kappa shape index (κ1) is 13.8. The minimum absolute atomic E-state index is 0.842. The molecule has 0 aliphatic heterocycles. The van der Waals surface area contributed by atoms with Gasteiger partial charge in [-0.3, -0.25) is 0 Å². The molecule has 1 heteroatoms. The number of hydrogen-bond acceptors (Lipinski definition) is 0. The van der Waals surface area contributed by atoms with E-state index in [1.54, 1.807) is 0 Å². The van der Waals surface area contributed by atoms with Crippen LogP contribution in [0, 0.1) is 0 Å². The van der Waals surface area contributed by atoms with E-state index in [4.69, 9.17) is 0 Å². The van der Waals surface area contributed by atoms with E-state index in [1.165, 1.54) is 12.8 Å². The zero-order valence-electron chi connectivity index (χ0n) is 9.87. The molecule has 0 aliphatic rings. The van der Waals surface area contributed by atoms with Gasteiger partial charge in [0.15, 0.2) is 0 Å². The molecule has 0 saturated heterocycles. The Balaban J connectivity index is 4.09. The highest BCUT2D eigenvalue weighted by atomic mass is 27.2. The summed E-state index contributed by atoms with van der Waals surface area (Å²) in [5.74, 6) is 0. The molecule has 0 atom stereocenters. The van der Waals surface area contributed by atoms with Gasteiger partial charge in [-0.1, -0.05) is 27.2 Å². The Bertz CT molecular complexity index is 175. The van der Waals surface area contributed by atoms with Gasteiger partial charge in [0, 0.05) is 0 Å². The van der Waals surface area contributed by atoms with Crippen molar-refractivity contribution in [3.05, 3.63) is 33.0 Å². The van der Waals surface area contributed by atoms with Crippen molar-refractivity contribution >= 4 is 14.1 Å². The lowest BCUT2D eigenvalue weighted by Crippen LogP contribution is -2.01. The summed E-state index contributed by atoms with van der Waals surface area (Å²) in [4.78, 5) is 7.26. The molecule has 0 aliphatic carbocycles. The SMILES string of the molecule is CCC=[CH][Al]([CH]=CCC)[CH]=CCCC. The van der Waals surface area contributed by atoms with Crippen molar-refractivity contribution in [2.45, 2.75) is 46.5 Å². The second-order valence-electron chi connectivity index (χ2n) is 3.47. The molecule has 0 amide bonds. The summed E-state index contributed by atoms with van der Waals surface area (Å²) in [6, 6.07) is 0. The van der Waals surface area contributed by atoms with Gasteiger partial charge in [0.25, 0.3) is 0 Å². The number of hydrogen-bond donors (Lipinski definition) is 0. The predicted molar refractivity (Wildman–Crippen MR) is 68.7 cm³/mol. The molecule has 14 heavy (non-hydrogen) atoms. The van der Waals surface area contributed by atoms with E-state index in [9.17, 15) is 0 Å². The van der Waals surface area contributed by atoms with Crippen LogP contribution in [0.1, 0.15) is 46.5 Å². The first-order valence-corrected chi connectivity index (χ1v) is 7.85. The monoisotopic (exact) mass is 206 g/mol. The average molecular weight is 206 g/mol. The van der Waals surface area contributed by atoms with E-state index in [1.807, 2.05) is 0 Å². The molecule has 0 unspecified atom stereocenters. The number of allylic oxidation sites excluding steroid dienone is 3. The molecule has 0 aromatic carbocycles. The summed E-state index contributed by atoms with van der Waals surface area (Å²) in [6.07, 6.45) is 11.7. The van der Waals surface area contributed by atoms with E-state index in [2.05, 4.69) is 53.8 Å². The van der Waals surface area contributed by atoms with Crippen molar-refractivity contribution in [1.29, 1.82) is 0 Å². The summed E-state index contributed by atoms with van der Waals surface area (Å²) in [6.45, 7) is 6.62. The highest BCUT2D eigenvalue weighted by molar-refractivity contribution is 6.74. The third-order valence-corrected chi connectivity index (χ3v) is 4.15. The van der Waals surface area contributed by atoms with E-state index in [-0.39, 0.29) is 0 Å². The van der Waals surface area contributed by atoms with Crippen LogP contribution in [0.4, 0.5) is 0 Å². The van der Waals surface area contributed by atoms with Gasteiger partial charge in [-0.2, -0.15) is 0 Å². The fourth-order valence-corrected chi connectivity index (χ4v) is 3.26. The standard InChI is InChI=1S/C5H9.2C4H7.Al/c1-3-5-4-2;2*1-3-4-2;/h1,3H,4-5H2,2H3;2*1,3H,4H2,2H3;. The Morgan fingerprint density at radius 2 is 1.29 bits per heavy atom. The fraction of sp³-hybridized carbons (Fsp3) is 0.538. The second-order valence-corrected chi connectivity index (χ2v) is 5.78. The van der Waals surface area contributed by atoms with Crippen LogP contribution in [0.25, 0.3) is 0 Å². The van der Waals surface area contributed by atoms with Crippen LogP contribution < -0.4 is 0 Å². The number of unbranched alkanes of at least 4 members (excludes halogenated alkanes) is 1. The van der Waals surface area contributed by atoms with E-state index < -0.39 is 14.1 Å². The van der Waals surface area contributed by atoms with Crippen LogP contribution in [-0.2, 0) is 0 Å². The van der Waals surface area contributed by atoms with Crippen LogP contribution in [-0.4, -0.2) is 14.1 Å². The maximum Gasteiger partial charge on any atom is 0.358 e. The molecule has 0 fully saturated rings. The van der Waals surface area contributed by atoms with E-state index in [0.717, 1.165) is 12.8 Å². The topological polar surface area (TPSA) is 0 Å². The predicted octanol–water partition coefficient (Wildman–Crippen LogP) is 4.39. The van der Waals surface area contributed by atoms with Gasteiger partial charge in [-0.05, 0) is 19.3 Å². The lowest BCUT2D eigenvalue weighted by Gasteiger charge is -1.93. The van der Waals surface area contributed by atoms with Crippen LogP contribution in [0.2, 0.25) is 0 Å². The first-order chi connectivity index (χ1) is 6.85. The molecule has 0 rings (SSSR count). The van der Waals surface area contributed by atoms with E-state index in [0.29, 0.717) is 0 Å². The average Bonchev–Trinajstić information content (AvgIpc) is 2.21. The largest absolute Gasteiger partial charge is 0.358 e. The molecule has 78 valence electrons. The van der Waals surface area contributed by atoms with Gasteiger partial charge < -0.3 is 0 Å². The molecular formula is C13H23Al. The van der Waals surface area contributed by atoms with Crippen molar-refractivity contribution in [3.63, 3.8) is 0 Å². The normalized spacial score (nSPS) is 12.2. The molecule has 0 radical (unpaired) electrons. The Labute approximate surface area is 93.8 Å². The Morgan fingerprint density at radius 1 is 0.786 bits per heavy atom. The zero-order valence-corrected chi connectivity index (χ0v) is 11.0. The maximum absolute atomic E-state index is 2.43. The fourth-order valence-electron chi connectivity index (χ4n) is 1.20. The summed E-state index contributed by atoms with van der Waals surface area (Å²) < 4.78 is 0. The van der Waals surface area contributed by atoms with Gasteiger partial charge in [-0.15, -0.1) is 33.0 Å². The molecule has 0 aromatic heterocycles. The van der Waals surface area contributed by atoms with Crippen LogP contribution in [0.15, 0.2) is 33.0 Å². The van der Waals surface area contributed by atoms with E-state index >= 15 is 0 Å². The summed E-state index contributed by atoms with van der Waals surface area (Å²) in [5.41, 5.74) is 0. The van der Waals surface area contributed by atoms with Crippen LogP contribution >= 0.6 is 0 Å². The van der Waals surface area contributed by atoms with Crippen molar-refractivity contribution < 1.29 is 0 Å². The lowest BCUT2D eigenvalue weighted by atomic mass is 10.3. The maximum atomic E-state index is 2.43. The van der Waals surface area contributed by atoms with Gasteiger partial charge >= 0.3 is 14.1 Å². The summed E-state index contributed by atoms with van der Waals surface area (Å²) in [5, 5.41) is 0. The van der Waals surface area contributed by atoms with Gasteiger partial charge in [0.2, 0.25) is 0 Å². The Morgan fingerprint density at radius 3 is 1.71 bits per heavy atom. The zero-order chi connectivity index (χ0) is 10.6. The van der Waals surface area contributed by atoms with Crippen molar-refractivity contribution in [3.8, 4) is 0 Å². The molecule has 0 heterocycles. The lowest BCUT2D eigenvalue weighted by molar-refractivity contribution is 0.960. The molecule has 0 bridgehead atoms. The highest BCUT2D eigenvalue weighted by Crippen LogP contribution is 1.97. The third kappa shape index (κ3) is 8.36. The van der Waals surface area contributed by atoms with Crippen molar-refractivity contribution in [2.75, 3.05) is 0 Å². The quantitative estimate of drug-likeness (QED) is 0.542.